The van der Waals surface area contributed by atoms with Crippen LogP contribution >= 0.6 is 23.7 Å². The lowest BCUT2D eigenvalue weighted by Crippen LogP contribution is -2.32. The standard InChI is InChI=1S/C25H28N4OS.ClH/c1-18-6-11-21-22(16-18)31-24(27-21)29(14-5-13-28-15-12-26-17-28)23(30)19-7-9-20(10-8-19)25(2,3)4;/h6-12,15-17H,5,13-14H2,1-4H3;1H. The molecule has 168 valence electrons. The molecule has 0 fully saturated rings. The van der Waals surface area contributed by atoms with Crippen LogP contribution in [-0.2, 0) is 12.0 Å². The van der Waals surface area contributed by atoms with Crippen molar-refractivity contribution in [1.82, 2.24) is 14.5 Å². The van der Waals surface area contributed by atoms with Crippen LogP contribution in [0.15, 0.2) is 61.2 Å². The monoisotopic (exact) mass is 468 g/mol. The van der Waals surface area contributed by atoms with E-state index in [0.717, 1.165) is 28.3 Å². The Balaban J connectivity index is 0.00000289. The van der Waals surface area contributed by atoms with Crippen molar-refractivity contribution < 1.29 is 4.79 Å². The number of benzene rings is 2. The van der Waals surface area contributed by atoms with Gasteiger partial charge in [0.2, 0.25) is 0 Å². The van der Waals surface area contributed by atoms with Crippen molar-refractivity contribution in [2.24, 2.45) is 0 Å². The maximum Gasteiger partial charge on any atom is 0.260 e. The lowest BCUT2D eigenvalue weighted by atomic mass is 9.86. The van der Waals surface area contributed by atoms with Crippen molar-refractivity contribution in [1.29, 1.82) is 0 Å². The van der Waals surface area contributed by atoms with E-state index in [1.165, 1.54) is 11.1 Å². The SMILES string of the molecule is Cc1ccc2nc(N(CCCn3ccnc3)C(=O)c3ccc(C(C)(C)C)cc3)sc2c1.Cl. The minimum Gasteiger partial charge on any atom is -0.337 e. The predicted molar refractivity (Wildman–Crippen MR) is 135 cm³/mol. The summed E-state index contributed by atoms with van der Waals surface area (Å²) in [6.07, 6.45) is 6.34. The molecule has 7 heteroatoms. The Kier molecular flexibility index (Phi) is 7.36. The first-order chi connectivity index (χ1) is 14.8. The summed E-state index contributed by atoms with van der Waals surface area (Å²) in [5.41, 5.74) is 4.08. The van der Waals surface area contributed by atoms with Crippen molar-refractivity contribution in [3.05, 3.63) is 77.9 Å². The molecule has 0 spiro atoms. The van der Waals surface area contributed by atoms with Crippen LogP contribution in [0.4, 0.5) is 5.13 Å². The minimum atomic E-state index is -0.0122. The van der Waals surface area contributed by atoms with Crippen LogP contribution in [0.25, 0.3) is 10.2 Å². The molecule has 5 nitrogen and oxygen atoms in total. The third kappa shape index (κ3) is 5.37. The number of anilines is 1. The molecule has 0 aliphatic heterocycles. The number of carbonyl (C=O) groups is 1. The minimum absolute atomic E-state index is 0. The summed E-state index contributed by atoms with van der Waals surface area (Å²) >= 11 is 1.57. The molecular formula is C25H29ClN4OS. The van der Waals surface area contributed by atoms with E-state index < -0.39 is 0 Å². The summed E-state index contributed by atoms with van der Waals surface area (Å²) in [4.78, 5) is 24.2. The molecule has 4 aromatic rings. The van der Waals surface area contributed by atoms with Crippen LogP contribution in [0.1, 0.15) is 48.7 Å². The Hall–Kier alpha value is -2.70. The number of imidazole rings is 1. The zero-order valence-corrected chi connectivity index (χ0v) is 20.5. The molecule has 0 bridgehead atoms. The highest BCUT2D eigenvalue weighted by Crippen LogP contribution is 2.31. The van der Waals surface area contributed by atoms with Crippen molar-refractivity contribution in [3.8, 4) is 0 Å². The molecule has 2 aromatic carbocycles. The second-order valence-corrected chi connectivity index (χ2v) is 9.91. The van der Waals surface area contributed by atoms with Gasteiger partial charge in [-0.05, 0) is 54.2 Å². The fourth-order valence-corrected chi connectivity index (χ4v) is 4.61. The number of aryl methyl sites for hydroxylation is 2. The average Bonchev–Trinajstić information content (AvgIpc) is 3.39. The van der Waals surface area contributed by atoms with Crippen LogP contribution in [-0.4, -0.2) is 27.0 Å². The molecule has 0 saturated heterocycles. The Labute approximate surface area is 199 Å². The fourth-order valence-electron chi connectivity index (χ4n) is 3.52. The van der Waals surface area contributed by atoms with Gasteiger partial charge >= 0.3 is 0 Å². The van der Waals surface area contributed by atoms with Gasteiger partial charge in [-0.2, -0.15) is 0 Å². The number of halogens is 1. The summed E-state index contributed by atoms with van der Waals surface area (Å²) in [5.74, 6) is -0.0122. The molecule has 0 radical (unpaired) electrons. The van der Waals surface area contributed by atoms with Crippen LogP contribution in [0.3, 0.4) is 0 Å². The molecule has 32 heavy (non-hydrogen) atoms. The van der Waals surface area contributed by atoms with E-state index in [1.54, 1.807) is 23.9 Å². The van der Waals surface area contributed by atoms with Gasteiger partial charge in [-0.3, -0.25) is 9.69 Å². The zero-order valence-electron chi connectivity index (χ0n) is 18.9. The summed E-state index contributed by atoms with van der Waals surface area (Å²) in [5, 5.41) is 0.746. The van der Waals surface area contributed by atoms with Gasteiger partial charge in [-0.1, -0.05) is 50.3 Å². The average molecular weight is 469 g/mol. The first-order valence-corrected chi connectivity index (χ1v) is 11.4. The van der Waals surface area contributed by atoms with Gasteiger partial charge in [-0.15, -0.1) is 12.4 Å². The molecular weight excluding hydrogens is 440 g/mol. The number of aromatic nitrogens is 3. The van der Waals surface area contributed by atoms with Gasteiger partial charge in [0.1, 0.15) is 0 Å². The van der Waals surface area contributed by atoms with Crippen molar-refractivity contribution in [2.45, 2.75) is 46.1 Å². The van der Waals surface area contributed by atoms with E-state index in [2.05, 4.69) is 56.9 Å². The van der Waals surface area contributed by atoms with E-state index in [0.29, 0.717) is 12.1 Å². The molecule has 0 N–H and O–H groups in total. The van der Waals surface area contributed by atoms with E-state index >= 15 is 0 Å². The summed E-state index contributed by atoms with van der Waals surface area (Å²) < 4.78 is 3.13. The predicted octanol–water partition coefficient (Wildman–Crippen LogP) is 6.26. The van der Waals surface area contributed by atoms with Crippen molar-refractivity contribution in [3.63, 3.8) is 0 Å². The number of hydrogen-bond acceptors (Lipinski definition) is 4. The highest BCUT2D eigenvalue weighted by Gasteiger charge is 2.22. The number of carbonyl (C=O) groups excluding carboxylic acids is 1. The van der Waals surface area contributed by atoms with Crippen LogP contribution in [0.2, 0.25) is 0 Å². The van der Waals surface area contributed by atoms with Gasteiger partial charge in [0, 0.05) is 31.0 Å². The van der Waals surface area contributed by atoms with E-state index in [4.69, 9.17) is 4.98 Å². The number of fused-ring (bicyclic) bond motifs is 1. The highest BCUT2D eigenvalue weighted by molar-refractivity contribution is 7.22. The maximum absolute atomic E-state index is 13.5. The second kappa shape index (κ2) is 9.84. The third-order valence-corrected chi connectivity index (χ3v) is 6.40. The maximum atomic E-state index is 13.5. The summed E-state index contributed by atoms with van der Waals surface area (Å²) in [6.45, 7) is 10.00. The number of thiazole rings is 1. The van der Waals surface area contributed by atoms with Gasteiger partial charge in [-0.25, -0.2) is 9.97 Å². The highest BCUT2D eigenvalue weighted by atomic mass is 35.5. The zero-order chi connectivity index (χ0) is 22.0. The molecule has 0 atom stereocenters. The first kappa shape index (κ1) is 24.0. The Bertz CT molecular complexity index is 1180. The van der Waals surface area contributed by atoms with Gasteiger partial charge in [0.05, 0.1) is 16.5 Å². The molecule has 0 aliphatic carbocycles. The Morgan fingerprint density at radius 3 is 2.53 bits per heavy atom. The van der Waals surface area contributed by atoms with E-state index in [-0.39, 0.29) is 23.7 Å². The van der Waals surface area contributed by atoms with Gasteiger partial charge in [0.15, 0.2) is 5.13 Å². The number of amides is 1. The molecule has 0 saturated carbocycles. The summed E-state index contributed by atoms with van der Waals surface area (Å²) in [6, 6.07) is 14.2. The van der Waals surface area contributed by atoms with Crippen LogP contribution in [0.5, 0.6) is 0 Å². The van der Waals surface area contributed by atoms with Crippen molar-refractivity contribution in [2.75, 3.05) is 11.4 Å². The lowest BCUT2D eigenvalue weighted by molar-refractivity contribution is 0.0986. The third-order valence-electron chi connectivity index (χ3n) is 5.36. The molecule has 4 rings (SSSR count). The quantitative estimate of drug-likeness (QED) is 0.335. The summed E-state index contributed by atoms with van der Waals surface area (Å²) in [7, 11) is 0. The topological polar surface area (TPSA) is 51.0 Å². The van der Waals surface area contributed by atoms with Crippen LogP contribution in [0, 0.1) is 6.92 Å². The molecule has 0 aliphatic rings. The molecule has 2 aromatic heterocycles. The smallest absolute Gasteiger partial charge is 0.260 e. The largest absolute Gasteiger partial charge is 0.337 e. The molecule has 0 unspecified atom stereocenters. The van der Waals surface area contributed by atoms with Gasteiger partial charge in [0.25, 0.3) is 5.91 Å². The number of hydrogen-bond donors (Lipinski definition) is 0. The fraction of sp³-hybridized carbons (Fsp3) is 0.320. The Morgan fingerprint density at radius 2 is 1.88 bits per heavy atom. The van der Waals surface area contributed by atoms with E-state index in [1.807, 2.05) is 33.9 Å². The molecule has 2 heterocycles. The number of nitrogens with zero attached hydrogens (tertiary/aromatic N) is 4. The second-order valence-electron chi connectivity index (χ2n) is 8.91. The lowest BCUT2D eigenvalue weighted by Gasteiger charge is -2.22. The van der Waals surface area contributed by atoms with Crippen molar-refractivity contribution >= 4 is 45.0 Å². The Morgan fingerprint density at radius 1 is 1.12 bits per heavy atom. The normalized spacial score (nSPS) is 11.4. The van der Waals surface area contributed by atoms with E-state index in [9.17, 15) is 4.79 Å². The van der Waals surface area contributed by atoms with Crippen LogP contribution < -0.4 is 4.90 Å². The van der Waals surface area contributed by atoms with Gasteiger partial charge < -0.3 is 4.57 Å². The molecule has 1 amide bonds. The first-order valence-electron chi connectivity index (χ1n) is 10.6. The number of rotatable bonds is 6.